The van der Waals surface area contributed by atoms with Crippen LogP contribution in [0.5, 0.6) is 0 Å². The molecular weight excluding hydrogens is 216 g/mol. The first-order chi connectivity index (χ1) is 8.31. The Balaban J connectivity index is 2.36. The Labute approximate surface area is 104 Å². The molecule has 100 valence electrons. The molecule has 1 aliphatic rings. The summed E-state index contributed by atoms with van der Waals surface area (Å²) in [5, 5.41) is 0. The molecule has 1 fully saturated rings. The van der Waals surface area contributed by atoms with E-state index in [2.05, 4.69) is 22.2 Å². The minimum Gasteiger partial charge on any atom is -0.383 e. The molecule has 0 aromatic heterocycles. The fourth-order valence-electron chi connectivity index (χ4n) is 2.32. The zero-order valence-electron chi connectivity index (χ0n) is 11.1. The minimum absolute atomic E-state index is 0.636. The lowest BCUT2D eigenvalue weighted by Gasteiger charge is -2.33. The maximum absolute atomic E-state index is 5.52. The van der Waals surface area contributed by atoms with Crippen molar-refractivity contribution in [3.8, 4) is 0 Å². The molecule has 5 nitrogen and oxygen atoms in total. The Kier molecular flexibility index (Phi) is 6.96. The summed E-state index contributed by atoms with van der Waals surface area (Å²) in [6.07, 6.45) is 5.13. The highest BCUT2D eigenvalue weighted by Gasteiger charge is 2.20. The van der Waals surface area contributed by atoms with Crippen LogP contribution in [-0.2, 0) is 4.74 Å². The van der Waals surface area contributed by atoms with Crippen molar-refractivity contribution < 1.29 is 4.74 Å². The monoisotopic (exact) mass is 242 g/mol. The summed E-state index contributed by atoms with van der Waals surface area (Å²) < 4.78 is 4.98. The van der Waals surface area contributed by atoms with Crippen molar-refractivity contribution in [3.63, 3.8) is 0 Å². The molecule has 0 aliphatic carbocycles. The lowest BCUT2D eigenvalue weighted by molar-refractivity contribution is 0.206. The summed E-state index contributed by atoms with van der Waals surface area (Å²) in [6, 6.07) is 0. The van der Waals surface area contributed by atoms with Gasteiger partial charge in [0.1, 0.15) is 0 Å². The maximum atomic E-state index is 5.52. The van der Waals surface area contributed by atoms with Gasteiger partial charge in [-0.1, -0.05) is 19.8 Å². The Morgan fingerprint density at radius 1 is 1.47 bits per heavy atom. The third kappa shape index (κ3) is 4.91. The first-order valence-corrected chi connectivity index (χ1v) is 6.56. The molecule has 0 saturated carbocycles. The third-order valence-corrected chi connectivity index (χ3v) is 3.30. The van der Waals surface area contributed by atoms with Gasteiger partial charge in [-0.2, -0.15) is 0 Å². The van der Waals surface area contributed by atoms with Crippen LogP contribution in [0.2, 0.25) is 0 Å². The van der Waals surface area contributed by atoms with Crippen LogP contribution in [-0.4, -0.2) is 44.2 Å². The number of likely N-dealkylation sites (tertiary alicyclic amines) is 1. The molecule has 0 aromatic rings. The molecular formula is C12H26N4O. The van der Waals surface area contributed by atoms with Crippen molar-refractivity contribution in [2.75, 3.05) is 33.4 Å². The van der Waals surface area contributed by atoms with Crippen LogP contribution in [0, 0.1) is 5.92 Å². The molecule has 1 rings (SSSR count). The number of nitrogens with two attached hydrogens (primary N) is 1. The Morgan fingerprint density at radius 3 is 2.71 bits per heavy atom. The highest BCUT2D eigenvalue weighted by Crippen LogP contribution is 2.21. The highest BCUT2D eigenvalue weighted by molar-refractivity contribution is 5.79. The van der Waals surface area contributed by atoms with Gasteiger partial charge < -0.3 is 9.64 Å². The second-order valence-corrected chi connectivity index (χ2v) is 4.56. The highest BCUT2D eigenvalue weighted by atomic mass is 16.5. The molecule has 1 heterocycles. The van der Waals surface area contributed by atoms with Gasteiger partial charge in [0.05, 0.1) is 13.2 Å². The van der Waals surface area contributed by atoms with Gasteiger partial charge in [-0.3, -0.25) is 5.43 Å². The Morgan fingerprint density at radius 2 is 2.18 bits per heavy atom. The Hall–Kier alpha value is -0.810. The largest absolute Gasteiger partial charge is 0.383 e. The molecule has 5 heteroatoms. The topological polar surface area (TPSA) is 62.9 Å². The number of hydrogen-bond acceptors (Lipinski definition) is 3. The van der Waals surface area contributed by atoms with E-state index in [0.29, 0.717) is 13.2 Å². The molecule has 0 unspecified atom stereocenters. The molecule has 1 aliphatic heterocycles. The molecule has 1 saturated heterocycles. The second kappa shape index (κ2) is 8.31. The number of ether oxygens (including phenoxy) is 1. The lowest BCUT2D eigenvalue weighted by atomic mass is 9.93. The van der Waals surface area contributed by atoms with Crippen molar-refractivity contribution in [2.45, 2.75) is 32.6 Å². The van der Waals surface area contributed by atoms with Crippen LogP contribution in [0.25, 0.3) is 0 Å². The zero-order valence-corrected chi connectivity index (χ0v) is 11.1. The van der Waals surface area contributed by atoms with E-state index in [-0.39, 0.29) is 0 Å². The molecule has 3 N–H and O–H groups in total. The van der Waals surface area contributed by atoms with E-state index < -0.39 is 0 Å². The fraction of sp³-hybridized carbons (Fsp3) is 0.917. The van der Waals surface area contributed by atoms with E-state index in [1.54, 1.807) is 7.11 Å². The van der Waals surface area contributed by atoms with Crippen molar-refractivity contribution >= 4 is 5.96 Å². The van der Waals surface area contributed by atoms with Crippen LogP contribution in [0.4, 0.5) is 0 Å². The summed E-state index contributed by atoms with van der Waals surface area (Å²) in [5.74, 6) is 7.20. The lowest BCUT2D eigenvalue weighted by Crippen LogP contribution is -2.48. The van der Waals surface area contributed by atoms with Crippen LogP contribution in [0.15, 0.2) is 4.99 Å². The molecule has 0 amide bonds. The average molecular weight is 242 g/mol. The summed E-state index contributed by atoms with van der Waals surface area (Å²) in [6.45, 7) is 5.66. The number of guanidine groups is 1. The van der Waals surface area contributed by atoms with Crippen molar-refractivity contribution in [1.82, 2.24) is 10.3 Å². The average Bonchev–Trinajstić information content (AvgIpc) is 2.36. The van der Waals surface area contributed by atoms with Crippen LogP contribution in [0.1, 0.15) is 32.6 Å². The van der Waals surface area contributed by atoms with E-state index >= 15 is 0 Å². The summed E-state index contributed by atoms with van der Waals surface area (Å²) in [4.78, 5) is 6.65. The summed E-state index contributed by atoms with van der Waals surface area (Å²) in [5.41, 5.74) is 2.70. The van der Waals surface area contributed by atoms with Gasteiger partial charge >= 0.3 is 0 Å². The number of piperidine rings is 1. The summed E-state index contributed by atoms with van der Waals surface area (Å²) >= 11 is 0. The second-order valence-electron chi connectivity index (χ2n) is 4.56. The third-order valence-electron chi connectivity index (χ3n) is 3.30. The molecule has 0 spiro atoms. The smallest absolute Gasteiger partial charge is 0.208 e. The van der Waals surface area contributed by atoms with E-state index in [1.807, 2.05) is 0 Å². The van der Waals surface area contributed by atoms with Gasteiger partial charge in [-0.25, -0.2) is 10.8 Å². The van der Waals surface area contributed by atoms with Gasteiger partial charge in [-0.05, 0) is 18.8 Å². The predicted octanol–water partition coefficient (Wildman–Crippen LogP) is 0.964. The SMILES string of the molecule is CCCC1CCN(C(=NCCOC)NN)CC1. The predicted molar refractivity (Wildman–Crippen MR) is 70.7 cm³/mol. The number of hydrazine groups is 1. The number of hydrogen-bond donors (Lipinski definition) is 2. The van der Waals surface area contributed by atoms with Crippen LogP contribution < -0.4 is 11.3 Å². The first-order valence-electron chi connectivity index (χ1n) is 6.56. The van der Waals surface area contributed by atoms with E-state index in [1.165, 1.54) is 25.7 Å². The first kappa shape index (κ1) is 14.3. The van der Waals surface area contributed by atoms with Gasteiger partial charge in [0.2, 0.25) is 5.96 Å². The number of rotatable bonds is 5. The molecule has 0 radical (unpaired) electrons. The molecule has 0 atom stereocenters. The van der Waals surface area contributed by atoms with Crippen LogP contribution in [0.3, 0.4) is 0 Å². The van der Waals surface area contributed by atoms with E-state index in [0.717, 1.165) is 25.0 Å². The summed E-state index contributed by atoms with van der Waals surface area (Å²) in [7, 11) is 1.68. The van der Waals surface area contributed by atoms with Gasteiger partial charge in [0, 0.05) is 20.2 Å². The van der Waals surface area contributed by atoms with Crippen LogP contribution >= 0.6 is 0 Å². The normalized spacial score (nSPS) is 18.5. The minimum atomic E-state index is 0.636. The molecule has 0 bridgehead atoms. The van der Waals surface area contributed by atoms with Gasteiger partial charge in [0.15, 0.2) is 0 Å². The van der Waals surface area contributed by atoms with Crippen molar-refractivity contribution in [2.24, 2.45) is 16.8 Å². The number of nitrogens with one attached hydrogen (secondary N) is 1. The zero-order chi connectivity index (χ0) is 12.5. The number of nitrogens with zero attached hydrogens (tertiary/aromatic N) is 2. The van der Waals surface area contributed by atoms with Gasteiger partial charge in [0.25, 0.3) is 0 Å². The number of methoxy groups -OCH3 is 1. The fourth-order valence-corrected chi connectivity index (χ4v) is 2.32. The van der Waals surface area contributed by atoms with Crippen molar-refractivity contribution in [1.29, 1.82) is 0 Å². The van der Waals surface area contributed by atoms with Gasteiger partial charge in [-0.15, -0.1) is 0 Å². The van der Waals surface area contributed by atoms with Crippen molar-refractivity contribution in [3.05, 3.63) is 0 Å². The van der Waals surface area contributed by atoms with E-state index in [9.17, 15) is 0 Å². The molecule has 0 aromatic carbocycles. The van der Waals surface area contributed by atoms with E-state index in [4.69, 9.17) is 10.6 Å². The quantitative estimate of drug-likeness (QED) is 0.248. The molecule has 17 heavy (non-hydrogen) atoms. The number of aliphatic imine (C=N–C) groups is 1. The Bertz CT molecular complexity index is 225. The maximum Gasteiger partial charge on any atom is 0.208 e. The standard InChI is InChI=1S/C12H26N4O/c1-3-4-11-5-8-16(9-6-11)12(15-13)14-7-10-17-2/h11H,3-10,13H2,1-2H3,(H,14,15).